The van der Waals surface area contributed by atoms with E-state index in [1.54, 1.807) is 0 Å². The van der Waals surface area contributed by atoms with E-state index in [0.29, 0.717) is 18.8 Å². The minimum absolute atomic E-state index is 0.0270. The van der Waals surface area contributed by atoms with E-state index in [1.165, 1.54) is 7.11 Å². The Balaban J connectivity index is 3.41. The zero-order chi connectivity index (χ0) is 17.6. The number of hydrogen-bond acceptors (Lipinski definition) is 4. The molecule has 0 saturated heterocycles. The molecule has 0 aliphatic rings. The molecule has 0 radical (unpaired) electrons. The van der Waals surface area contributed by atoms with Crippen molar-refractivity contribution in [1.29, 1.82) is 0 Å². The van der Waals surface area contributed by atoms with Gasteiger partial charge in [-0.05, 0) is 45.7 Å². The van der Waals surface area contributed by atoms with Crippen molar-refractivity contribution in [2.45, 2.75) is 40.0 Å². The molecule has 0 spiro atoms. The van der Waals surface area contributed by atoms with Gasteiger partial charge in [0.15, 0.2) is 0 Å². The van der Waals surface area contributed by atoms with Crippen LogP contribution in [-0.4, -0.2) is 37.3 Å². The van der Waals surface area contributed by atoms with E-state index in [1.807, 2.05) is 46.8 Å². The van der Waals surface area contributed by atoms with Crippen molar-refractivity contribution in [2.75, 3.05) is 26.2 Å². The zero-order valence-corrected chi connectivity index (χ0v) is 16.4. The molecule has 4 nitrogen and oxygen atoms in total. The van der Waals surface area contributed by atoms with Crippen LogP contribution in [0.15, 0.2) is 12.1 Å². The number of halogens is 1. The highest BCUT2D eigenvalue weighted by atomic mass is 35.5. The minimum Gasteiger partial charge on any atom is -0.360 e. The summed E-state index contributed by atoms with van der Waals surface area (Å²) in [6.07, 6.45) is 0. The quantitative estimate of drug-likeness (QED) is 0.362. The van der Waals surface area contributed by atoms with Gasteiger partial charge >= 0.3 is 0 Å². The maximum absolute atomic E-state index is 13.3. The second kappa shape index (κ2) is 9.10. The van der Waals surface area contributed by atoms with E-state index in [9.17, 15) is 4.79 Å². The molecule has 23 heavy (non-hydrogen) atoms. The number of carbonyl (C=O) groups excluding carboxylic acids is 1. The lowest BCUT2D eigenvalue weighted by atomic mass is 9.94. The van der Waals surface area contributed by atoms with E-state index >= 15 is 0 Å². The SMILES string of the molecule is CCOP(OCC)C(CCl)(OC)C(=O)c1c(C)cc(C)cc1C. The number of Topliss-reactive ketones (excluding diaryl/α,β-unsaturated/α-hetero) is 1. The first-order chi connectivity index (χ1) is 10.9. The average molecular weight is 361 g/mol. The Morgan fingerprint density at radius 3 is 1.96 bits per heavy atom. The molecule has 0 fully saturated rings. The average Bonchev–Trinajstić information content (AvgIpc) is 2.48. The van der Waals surface area contributed by atoms with Crippen molar-refractivity contribution in [1.82, 2.24) is 0 Å². The molecule has 0 N–H and O–H groups in total. The number of ketones is 1. The fourth-order valence-corrected chi connectivity index (χ4v) is 4.64. The highest BCUT2D eigenvalue weighted by Gasteiger charge is 2.49. The summed E-state index contributed by atoms with van der Waals surface area (Å²) in [6, 6.07) is 3.97. The van der Waals surface area contributed by atoms with Gasteiger partial charge in [-0.15, -0.1) is 11.6 Å². The monoisotopic (exact) mass is 360 g/mol. The molecule has 0 saturated carbocycles. The third kappa shape index (κ3) is 4.32. The number of carbonyl (C=O) groups is 1. The summed E-state index contributed by atoms with van der Waals surface area (Å²) in [5, 5.41) is -1.31. The fourth-order valence-electron chi connectivity index (χ4n) is 2.63. The molecule has 130 valence electrons. The van der Waals surface area contributed by atoms with Crippen molar-refractivity contribution in [2.24, 2.45) is 0 Å². The molecule has 1 atom stereocenters. The smallest absolute Gasteiger partial charge is 0.214 e. The fraction of sp³-hybridized carbons (Fsp3) is 0.588. The highest BCUT2D eigenvalue weighted by molar-refractivity contribution is 7.50. The van der Waals surface area contributed by atoms with Crippen molar-refractivity contribution in [3.63, 3.8) is 0 Å². The van der Waals surface area contributed by atoms with Gasteiger partial charge in [0.2, 0.25) is 19.5 Å². The van der Waals surface area contributed by atoms with Gasteiger partial charge in [-0.3, -0.25) is 4.79 Å². The van der Waals surface area contributed by atoms with Crippen molar-refractivity contribution in [3.05, 3.63) is 34.4 Å². The van der Waals surface area contributed by atoms with Crippen molar-refractivity contribution in [3.8, 4) is 0 Å². The molecule has 0 aromatic heterocycles. The van der Waals surface area contributed by atoms with Gasteiger partial charge in [-0.2, -0.15) is 0 Å². The van der Waals surface area contributed by atoms with Gasteiger partial charge in [-0.1, -0.05) is 17.7 Å². The Labute approximate surface area is 145 Å². The minimum atomic E-state index is -1.61. The lowest BCUT2D eigenvalue weighted by Gasteiger charge is -2.35. The van der Waals surface area contributed by atoms with Gasteiger partial charge in [0.1, 0.15) is 0 Å². The van der Waals surface area contributed by atoms with Crippen molar-refractivity contribution >= 4 is 25.8 Å². The van der Waals surface area contributed by atoms with Crippen LogP contribution < -0.4 is 0 Å². The normalized spacial score (nSPS) is 14.1. The second-order valence-corrected chi connectivity index (χ2v) is 7.34. The summed E-state index contributed by atoms with van der Waals surface area (Å²) >= 11 is 6.18. The van der Waals surface area contributed by atoms with Crippen LogP contribution in [0.25, 0.3) is 0 Å². The molecule has 0 amide bonds. The van der Waals surface area contributed by atoms with E-state index in [2.05, 4.69) is 0 Å². The van der Waals surface area contributed by atoms with Crippen LogP contribution in [0.5, 0.6) is 0 Å². The van der Waals surface area contributed by atoms with Crippen LogP contribution in [0.4, 0.5) is 0 Å². The Kier molecular flexibility index (Phi) is 8.12. The number of benzene rings is 1. The van der Waals surface area contributed by atoms with E-state index in [-0.39, 0.29) is 11.7 Å². The molecule has 1 aromatic rings. The molecule has 0 aliphatic heterocycles. The van der Waals surface area contributed by atoms with Crippen LogP contribution >= 0.6 is 20.0 Å². The number of methoxy groups -OCH3 is 1. The Bertz CT molecular complexity index is 514. The number of ether oxygens (including phenoxy) is 1. The van der Waals surface area contributed by atoms with Crippen LogP contribution in [0.2, 0.25) is 0 Å². The molecular formula is C17H26ClO4P. The molecule has 6 heteroatoms. The van der Waals surface area contributed by atoms with Crippen molar-refractivity contribution < 1.29 is 18.6 Å². The topological polar surface area (TPSA) is 44.8 Å². The molecule has 1 unspecified atom stereocenters. The lowest BCUT2D eigenvalue weighted by molar-refractivity contribution is 0.0416. The molecular weight excluding hydrogens is 335 g/mol. The van der Waals surface area contributed by atoms with Crippen LogP contribution in [0, 0.1) is 20.8 Å². The lowest BCUT2D eigenvalue weighted by Crippen LogP contribution is -2.42. The molecule has 0 aliphatic carbocycles. The van der Waals surface area contributed by atoms with Gasteiger partial charge < -0.3 is 13.8 Å². The van der Waals surface area contributed by atoms with E-state index in [0.717, 1.165) is 16.7 Å². The number of alkyl halides is 1. The standard InChI is InChI=1S/C17H26ClO4P/c1-7-21-23(22-8-2)17(11-18,20-6)16(19)15-13(4)9-12(3)10-14(15)5/h9-10H,7-8,11H2,1-6H3. The molecule has 1 aromatic carbocycles. The molecule has 0 bridgehead atoms. The summed E-state index contributed by atoms with van der Waals surface area (Å²) in [7, 11) is -0.129. The maximum Gasteiger partial charge on any atom is 0.214 e. The Morgan fingerprint density at radius 1 is 1.13 bits per heavy atom. The number of hydrogen-bond donors (Lipinski definition) is 0. The molecule has 1 rings (SSSR count). The predicted molar refractivity (Wildman–Crippen MR) is 95.6 cm³/mol. The first-order valence-electron chi connectivity index (χ1n) is 7.67. The summed E-state index contributed by atoms with van der Waals surface area (Å²) in [4.78, 5) is 13.3. The Hall–Kier alpha value is -0.510. The zero-order valence-electron chi connectivity index (χ0n) is 14.7. The number of aryl methyl sites for hydroxylation is 3. The van der Waals surface area contributed by atoms with Gasteiger partial charge in [0, 0.05) is 12.7 Å². The van der Waals surface area contributed by atoms with Crippen LogP contribution in [0.1, 0.15) is 40.9 Å². The first kappa shape index (κ1) is 20.5. The number of rotatable bonds is 9. The van der Waals surface area contributed by atoms with Gasteiger partial charge in [0.25, 0.3) is 0 Å². The highest BCUT2D eigenvalue weighted by Crippen LogP contribution is 2.54. The first-order valence-corrected chi connectivity index (χ1v) is 9.38. The van der Waals surface area contributed by atoms with E-state index < -0.39 is 13.7 Å². The predicted octanol–water partition coefficient (Wildman–Crippen LogP) is 4.76. The maximum atomic E-state index is 13.3. The van der Waals surface area contributed by atoms with Gasteiger partial charge in [0.05, 0.1) is 19.1 Å². The third-order valence-corrected chi connectivity index (χ3v) is 6.25. The third-order valence-electron chi connectivity index (χ3n) is 3.57. The molecule has 0 heterocycles. The van der Waals surface area contributed by atoms with Gasteiger partial charge in [-0.25, -0.2) is 0 Å². The summed E-state index contributed by atoms with van der Waals surface area (Å²) in [6.45, 7) is 10.4. The summed E-state index contributed by atoms with van der Waals surface area (Å²) in [5.41, 5.74) is 3.55. The Morgan fingerprint density at radius 2 is 1.61 bits per heavy atom. The van der Waals surface area contributed by atoms with Crippen LogP contribution in [0.3, 0.4) is 0 Å². The second-order valence-electron chi connectivity index (χ2n) is 5.32. The van der Waals surface area contributed by atoms with E-state index in [4.69, 9.17) is 25.4 Å². The summed E-state index contributed by atoms with van der Waals surface area (Å²) in [5.74, 6) is -0.209. The largest absolute Gasteiger partial charge is 0.360 e. The summed E-state index contributed by atoms with van der Waals surface area (Å²) < 4.78 is 17.0. The van der Waals surface area contributed by atoms with Crippen LogP contribution in [-0.2, 0) is 13.8 Å².